The van der Waals surface area contributed by atoms with E-state index in [9.17, 15) is 4.39 Å². The van der Waals surface area contributed by atoms with E-state index in [1.165, 1.54) is 20.3 Å². The van der Waals surface area contributed by atoms with Crippen molar-refractivity contribution in [1.82, 2.24) is 24.8 Å². The van der Waals surface area contributed by atoms with E-state index >= 15 is 8.78 Å². The maximum absolute atomic E-state index is 17.8. The van der Waals surface area contributed by atoms with E-state index in [4.69, 9.17) is 34.6 Å². The first-order valence-electron chi connectivity index (χ1n) is 21.0. The number of hydrogen-bond acceptors (Lipinski definition) is 11. The second-order valence-corrected chi connectivity index (χ2v) is 22.8. The molecule has 5 heterocycles. The van der Waals surface area contributed by atoms with Crippen LogP contribution in [-0.2, 0) is 4.74 Å². The quantitative estimate of drug-likeness (QED) is 0.0629. The van der Waals surface area contributed by atoms with Crippen molar-refractivity contribution in [2.75, 3.05) is 51.8 Å². The lowest BCUT2D eigenvalue weighted by atomic mass is 9.95. The van der Waals surface area contributed by atoms with E-state index in [2.05, 4.69) is 73.2 Å². The molecule has 0 saturated carbocycles. The van der Waals surface area contributed by atoms with Gasteiger partial charge in [0.05, 0.1) is 24.3 Å². The Morgan fingerprint density at radius 3 is 2.43 bits per heavy atom. The normalized spacial score (nSPS) is 18.5. The number of pyridine rings is 2. The molecule has 11 nitrogen and oxygen atoms in total. The van der Waals surface area contributed by atoms with E-state index in [-0.39, 0.29) is 75.5 Å². The van der Waals surface area contributed by atoms with Crippen LogP contribution in [-0.4, -0.2) is 85.3 Å². The molecule has 0 radical (unpaired) electrons. The largest absolute Gasteiger partial charge is 0.480 e. The first kappa shape index (κ1) is 43.9. The summed E-state index contributed by atoms with van der Waals surface area (Å²) in [6.07, 6.45) is 2.61. The van der Waals surface area contributed by atoms with Crippen molar-refractivity contribution in [3.05, 3.63) is 65.4 Å². The Kier molecular flexibility index (Phi) is 12.7. The number of alkyl halides is 1. The number of rotatable bonds is 14. The highest BCUT2D eigenvalue weighted by molar-refractivity contribution is 6.90. The summed E-state index contributed by atoms with van der Waals surface area (Å²) < 4.78 is 72.3. The van der Waals surface area contributed by atoms with Crippen molar-refractivity contribution in [3.8, 4) is 40.4 Å². The molecule has 0 spiro atoms. The molecule has 2 aromatic carbocycles. The molecule has 2 aliphatic heterocycles. The minimum atomic E-state index is -2.34. The molecule has 3 atom stereocenters. The summed E-state index contributed by atoms with van der Waals surface area (Å²) in [6, 6.07) is 9.34. The van der Waals surface area contributed by atoms with E-state index < -0.39 is 37.5 Å². The molecule has 2 aliphatic rings. The summed E-state index contributed by atoms with van der Waals surface area (Å²) in [7, 11) is 0.570. The Bertz CT molecular complexity index is 2470. The Morgan fingerprint density at radius 1 is 0.984 bits per heavy atom. The van der Waals surface area contributed by atoms with E-state index in [0.29, 0.717) is 40.9 Å². The number of nitrogens with zero attached hydrogens (tertiary/aromatic N) is 5. The summed E-state index contributed by atoms with van der Waals surface area (Å²) in [6.45, 7) is 16.1. The molecule has 0 aliphatic carbocycles. The van der Waals surface area contributed by atoms with Crippen molar-refractivity contribution in [2.24, 2.45) is 0 Å². The Hall–Kier alpha value is -5.17. The maximum Gasteiger partial charge on any atom is 0.319 e. The summed E-state index contributed by atoms with van der Waals surface area (Å²) >= 11 is 0. The predicted octanol–water partition coefficient (Wildman–Crippen LogP) is 9.79. The third-order valence-electron chi connectivity index (χ3n) is 12.8. The third-order valence-corrected chi connectivity index (χ3v) is 19.0. The zero-order chi connectivity index (χ0) is 43.8. The number of nitrogens with two attached hydrogens (primary N) is 1. The maximum atomic E-state index is 17.8. The summed E-state index contributed by atoms with van der Waals surface area (Å²) in [5.74, 6) is 2.73. The van der Waals surface area contributed by atoms with Crippen LogP contribution in [0.15, 0.2) is 42.6 Å². The number of nitrogens with one attached hydrogen (secondary N) is 1. The lowest BCUT2D eigenvalue weighted by molar-refractivity contribution is 0.0512. The molecule has 2 fully saturated rings. The van der Waals surface area contributed by atoms with Crippen LogP contribution in [0.25, 0.3) is 32.9 Å². The predicted molar refractivity (Wildman–Crippen MR) is 236 cm³/mol. The smallest absolute Gasteiger partial charge is 0.319 e. The van der Waals surface area contributed by atoms with Crippen LogP contribution in [0.5, 0.6) is 17.6 Å². The zero-order valence-electron chi connectivity index (χ0n) is 36.5. The summed E-state index contributed by atoms with van der Waals surface area (Å²) in [5, 5.41) is 4.41. The Labute approximate surface area is 357 Å². The molecule has 324 valence electrons. The van der Waals surface area contributed by atoms with Crippen molar-refractivity contribution >= 4 is 41.4 Å². The Morgan fingerprint density at radius 2 is 1.74 bits per heavy atom. The van der Waals surface area contributed by atoms with Crippen molar-refractivity contribution < 1.29 is 32.1 Å². The molecule has 61 heavy (non-hydrogen) atoms. The first-order chi connectivity index (χ1) is 29.1. The number of halogens is 3. The minimum absolute atomic E-state index is 0.00492. The highest BCUT2D eigenvalue weighted by Crippen LogP contribution is 2.45. The molecular weight excluding hydrogens is 800 g/mol. The van der Waals surface area contributed by atoms with Crippen molar-refractivity contribution in [1.29, 1.82) is 0 Å². The first-order valence-corrected chi connectivity index (χ1v) is 23.2. The number of fused-ring (bicyclic) bond motifs is 3. The van der Waals surface area contributed by atoms with Crippen molar-refractivity contribution in [3.63, 3.8) is 0 Å². The summed E-state index contributed by atoms with van der Waals surface area (Å²) in [4.78, 5) is 20.6. The van der Waals surface area contributed by atoms with Gasteiger partial charge in [0.15, 0.2) is 12.6 Å². The lowest BCUT2D eigenvalue weighted by Gasteiger charge is -2.38. The fourth-order valence-electron chi connectivity index (χ4n) is 9.88. The van der Waals surface area contributed by atoms with Gasteiger partial charge in [0.25, 0.3) is 0 Å². The van der Waals surface area contributed by atoms with Gasteiger partial charge in [-0.2, -0.15) is 9.97 Å². The van der Waals surface area contributed by atoms with Gasteiger partial charge in [0.2, 0.25) is 5.88 Å². The van der Waals surface area contributed by atoms with E-state index in [1.807, 2.05) is 13.0 Å². The van der Waals surface area contributed by atoms with Gasteiger partial charge in [-0.15, -0.1) is 5.54 Å². The topological polar surface area (TPSA) is 130 Å². The highest BCUT2D eigenvalue weighted by atomic mass is 28.3. The van der Waals surface area contributed by atoms with Gasteiger partial charge in [0.1, 0.15) is 60.7 Å². The monoisotopic (exact) mass is 855 g/mol. The zero-order valence-corrected chi connectivity index (χ0v) is 37.5. The Balaban J connectivity index is 1.47. The molecular formula is C46H56F3N7O4Si. The van der Waals surface area contributed by atoms with Crippen LogP contribution in [0.2, 0.25) is 16.6 Å². The number of anilines is 2. The molecule has 2 saturated heterocycles. The number of hydrogen-bond donors (Lipinski definition) is 2. The molecule has 15 heteroatoms. The standard InChI is InChI=1S/C46H56F3N7O4Si/c1-26(2)61(27(3)4,28(5)6)19-15-34-36(48)14-13-30-20-32(60-25-57-8)21-35(37(30)34)40-39(49)41-38(44(53-40)58-9)43(52-29(7)33-12-10-17-51-42(33)50)55-45(54-41)59-24-46-16-11-18-56(46)23-31(47)22-46/h10,12-14,17,20-21,26-29,31H,11,16,18,22-25H2,1-9H3,(H2,50,51)(H,52,54,55)/t29-,31+,46-/m0/s1. The molecule has 7 rings (SSSR count). The van der Waals surface area contributed by atoms with E-state index in [1.54, 1.807) is 30.5 Å². The third kappa shape index (κ3) is 8.17. The number of methoxy groups -OCH3 is 2. The highest BCUT2D eigenvalue weighted by Gasteiger charge is 2.49. The van der Waals surface area contributed by atoms with Gasteiger partial charge < -0.3 is 30.0 Å². The number of nitrogen functional groups attached to an aromatic ring is 1. The van der Waals surface area contributed by atoms with Crippen LogP contribution in [0.1, 0.15) is 84.9 Å². The lowest BCUT2D eigenvalue weighted by Crippen LogP contribution is -2.43. The van der Waals surface area contributed by atoms with Crippen LogP contribution < -0.4 is 25.3 Å². The molecule has 5 aromatic rings. The summed E-state index contributed by atoms with van der Waals surface area (Å²) in [5.41, 5.74) is 10.9. The molecule has 0 unspecified atom stereocenters. The minimum Gasteiger partial charge on any atom is -0.480 e. The van der Waals surface area contributed by atoms with Crippen LogP contribution in [0.4, 0.5) is 24.8 Å². The average Bonchev–Trinajstić information content (AvgIpc) is 3.75. The molecule has 0 amide bonds. The van der Waals surface area contributed by atoms with Gasteiger partial charge in [-0.1, -0.05) is 59.6 Å². The fourth-order valence-corrected chi connectivity index (χ4v) is 15.1. The van der Waals surface area contributed by atoms with Gasteiger partial charge in [-0.3, -0.25) is 4.90 Å². The van der Waals surface area contributed by atoms with E-state index in [0.717, 1.165) is 19.4 Å². The van der Waals surface area contributed by atoms with Crippen LogP contribution >= 0.6 is 0 Å². The van der Waals surface area contributed by atoms with Gasteiger partial charge in [-0.05, 0) is 72.6 Å². The molecule has 3 aromatic heterocycles. The number of benzene rings is 2. The van der Waals surface area contributed by atoms with Gasteiger partial charge in [0, 0.05) is 42.8 Å². The van der Waals surface area contributed by atoms with Crippen LogP contribution in [0, 0.1) is 23.1 Å². The fraction of sp³-hybridized carbons (Fsp3) is 0.478. The van der Waals surface area contributed by atoms with Gasteiger partial charge in [-0.25, -0.2) is 23.1 Å². The SMILES string of the molecule is COCOc1cc(-c2nc(OC)c3c(N[C@@H](C)c4cccnc4N)nc(OC[C@@]45CCCN4C[C@H](F)C5)nc3c2F)c2c(C#C[Si](C(C)C)(C(C)C)C(C)C)c(F)ccc2c1. The second-order valence-electron chi connectivity index (χ2n) is 17.3. The average molecular weight is 856 g/mol. The van der Waals surface area contributed by atoms with Crippen molar-refractivity contribution in [2.45, 2.75) is 102 Å². The number of aromatic nitrogens is 4. The molecule has 3 N–H and O–H groups in total. The number of ether oxygens (including phenoxy) is 4. The van der Waals surface area contributed by atoms with Gasteiger partial charge >= 0.3 is 6.01 Å². The van der Waals surface area contributed by atoms with Crippen LogP contribution in [0.3, 0.4) is 0 Å². The molecule has 0 bridgehead atoms. The second kappa shape index (κ2) is 17.7.